The molecule has 20 heavy (non-hydrogen) atoms. The minimum Gasteiger partial charge on any atom is -0.304 e. The number of hydrogen-bond donors (Lipinski definition) is 1. The van der Waals surface area contributed by atoms with Crippen molar-refractivity contribution in [3.63, 3.8) is 0 Å². The number of aromatic nitrogens is 2. The zero-order valence-electron chi connectivity index (χ0n) is 12.0. The van der Waals surface area contributed by atoms with E-state index in [1.165, 1.54) is 0 Å². The first-order valence-corrected chi connectivity index (χ1v) is 7.48. The minimum atomic E-state index is 0.153. The van der Waals surface area contributed by atoms with Gasteiger partial charge in [-0.15, -0.1) is 0 Å². The lowest BCUT2D eigenvalue weighted by molar-refractivity contribution is 0.548. The van der Waals surface area contributed by atoms with Gasteiger partial charge in [0, 0.05) is 24.7 Å². The molecule has 1 N–H and O–H groups in total. The van der Waals surface area contributed by atoms with Crippen LogP contribution in [0.25, 0.3) is 0 Å². The molecule has 5 heteroatoms. The van der Waals surface area contributed by atoms with Crippen LogP contribution in [0.1, 0.15) is 36.8 Å². The molecule has 2 rings (SSSR count). The number of nitrogens with zero attached hydrogens (tertiary/aromatic N) is 2. The third-order valence-electron chi connectivity index (χ3n) is 3.45. The number of halogens is 2. The highest BCUT2D eigenvalue weighted by Crippen LogP contribution is 2.24. The number of benzene rings is 1. The Hall–Kier alpha value is -1.03. The largest absolute Gasteiger partial charge is 0.304 e. The molecule has 0 saturated heterocycles. The predicted octanol–water partition coefficient (Wildman–Crippen LogP) is 4.14. The van der Waals surface area contributed by atoms with Gasteiger partial charge < -0.3 is 5.32 Å². The van der Waals surface area contributed by atoms with Gasteiger partial charge in [-0.2, -0.15) is 5.10 Å². The van der Waals surface area contributed by atoms with Gasteiger partial charge in [-0.1, -0.05) is 48.3 Å². The molecule has 0 amide bonds. The summed E-state index contributed by atoms with van der Waals surface area (Å²) in [5.74, 6) is 0. The molecule has 0 aliphatic rings. The van der Waals surface area contributed by atoms with E-state index in [0.717, 1.165) is 33.4 Å². The summed E-state index contributed by atoms with van der Waals surface area (Å²) in [5, 5.41) is 9.39. The first-order valence-electron chi connectivity index (χ1n) is 6.72. The Balaban J connectivity index is 2.09. The maximum absolute atomic E-state index is 6.34. The molecule has 1 aromatic carbocycles. The van der Waals surface area contributed by atoms with Crippen LogP contribution < -0.4 is 5.32 Å². The van der Waals surface area contributed by atoms with Gasteiger partial charge in [0.05, 0.1) is 16.4 Å². The summed E-state index contributed by atoms with van der Waals surface area (Å²) in [6, 6.07) is 8.01. The van der Waals surface area contributed by atoms with Crippen LogP contribution in [0.4, 0.5) is 0 Å². The monoisotopic (exact) mass is 311 g/mol. The lowest BCUT2D eigenvalue weighted by Gasteiger charge is -2.15. The maximum Gasteiger partial charge on any atom is 0.0863 e. The van der Waals surface area contributed by atoms with Gasteiger partial charge in [0.15, 0.2) is 0 Å². The van der Waals surface area contributed by atoms with Crippen LogP contribution in [0.5, 0.6) is 0 Å². The van der Waals surface area contributed by atoms with Crippen LogP contribution >= 0.6 is 23.2 Å². The van der Waals surface area contributed by atoms with Gasteiger partial charge in [0.25, 0.3) is 0 Å². The first kappa shape index (κ1) is 15.4. The van der Waals surface area contributed by atoms with E-state index in [9.17, 15) is 0 Å². The Bertz CT molecular complexity index is 593. The Morgan fingerprint density at radius 2 is 2.00 bits per heavy atom. The fourth-order valence-corrected chi connectivity index (χ4v) is 2.86. The molecule has 0 aliphatic heterocycles. The molecule has 1 aromatic heterocycles. The maximum atomic E-state index is 6.34. The van der Waals surface area contributed by atoms with Crippen molar-refractivity contribution >= 4 is 23.2 Å². The van der Waals surface area contributed by atoms with Gasteiger partial charge in [-0.05, 0) is 25.0 Å². The molecule has 0 aliphatic carbocycles. The number of aryl methyl sites for hydroxylation is 2. The highest BCUT2D eigenvalue weighted by atomic mass is 35.5. The van der Waals surface area contributed by atoms with Gasteiger partial charge in [0.1, 0.15) is 0 Å². The normalized spacial score (nSPS) is 12.7. The fourth-order valence-electron chi connectivity index (χ4n) is 2.20. The average Bonchev–Trinajstić information content (AvgIpc) is 2.71. The summed E-state index contributed by atoms with van der Waals surface area (Å²) in [7, 11) is 1.92. The smallest absolute Gasteiger partial charge is 0.0863 e. The molecular weight excluding hydrogens is 293 g/mol. The molecule has 0 saturated carbocycles. The summed E-state index contributed by atoms with van der Waals surface area (Å²) in [4.78, 5) is 0. The van der Waals surface area contributed by atoms with Crippen molar-refractivity contribution in [2.24, 2.45) is 7.05 Å². The zero-order chi connectivity index (χ0) is 14.7. The van der Waals surface area contributed by atoms with Crippen molar-refractivity contribution < 1.29 is 0 Å². The van der Waals surface area contributed by atoms with Crippen molar-refractivity contribution in [3.8, 4) is 0 Å². The predicted molar refractivity (Wildman–Crippen MR) is 84.3 cm³/mol. The standard InChI is InChI=1S/C15H19Cl2N3/c1-4-13-15(17)14(20(3)19-13)9-18-10(2)11-7-5-6-8-12(11)16/h5-8,10,18H,4,9H2,1-3H3/t10-/m0/s1. The first-order chi connectivity index (χ1) is 9.54. The lowest BCUT2D eigenvalue weighted by Crippen LogP contribution is -2.20. The third-order valence-corrected chi connectivity index (χ3v) is 4.23. The average molecular weight is 312 g/mol. The topological polar surface area (TPSA) is 29.9 Å². The highest BCUT2D eigenvalue weighted by molar-refractivity contribution is 6.32. The van der Waals surface area contributed by atoms with E-state index in [0.29, 0.717) is 6.54 Å². The van der Waals surface area contributed by atoms with E-state index in [1.54, 1.807) is 0 Å². The summed E-state index contributed by atoms with van der Waals surface area (Å²) in [5.41, 5.74) is 3.03. The van der Waals surface area contributed by atoms with Crippen molar-refractivity contribution in [1.29, 1.82) is 0 Å². The quantitative estimate of drug-likeness (QED) is 0.899. The van der Waals surface area contributed by atoms with Crippen LogP contribution in [0, 0.1) is 0 Å². The summed E-state index contributed by atoms with van der Waals surface area (Å²) in [6.45, 7) is 4.80. The summed E-state index contributed by atoms with van der Waals surface area (Å²) < 4.78 is 1.84. The molecule has 3 nitrogen and oxygen atoms in total. The highest BCUT2D eigenvalue weighted by Gasteiger charge is 2.14. The Morgan fingerprint density at radius 1 is 1.30 bits per heavy atom. The molecule has 1 heterocycles. The molecule has 1 atom stereocenters. The van der Waals surface area contributed by atoms with Gasteiger partial charge >= 0.3 is 0 Å². The van der Waals surface area contributed by atoms with Crippen LogP contribution in [0.15, 0.2) is 24.3 Å². The Labute approximate surface area is 129 Å². The number of hydrogen-bond acceptors (Lipinski definition) is 2. The van der Waals surface area contributed by atoms with Crippen molar-refractivity contribution in [2.45, 2.75) is 32.9 Å². The number of nitrogens with one attached hydrogen (secondary N) is 1. The molecule has 108 valence electrons. The second-order valence-corrected chi connectivity index (χ2v) is 5.59. The fraction of sp³-hybridized carbons (Fsp3) is 0.400. The van der Waals surface area contributed by atoms with Crippen LogP contribution in [-0.4, -0.2) is 9.78 Å². The second-order valence-electron chi connectivity index (χ2n) is 4.81. The van der Waals surface area contributed by atoms with E-state index in [-0.39, 0.29) is 6.04 Å². The molecule has 2 aromatic rings. The van der Waals surface area contributed by atoms with Gasteiger partial charge in [-0.3, -0.25) is 4.68 Å². The van der Waals surface area contributed by atoms with Crippen molar-refractivity contribution in [2.75, 3.05) is 0 Å². The van der Waals surface area contributed by atoms with Crippen molar-refractivity contribution in [1.82, 2.24) is 15.1 Å². The molecule has 0 bridgehead atoms. The Morgan fingerprint density at radius 3 is 2.60 bits per heavy atom. The van der Waals surface area contributed by atoms with Gasteiger partial charge in [-0.25, -0.2) is 0 Å². The lowest BCUT2D eigenvalue weighted by atomic mass is 10.1. The minimum absolute atomic E-state index is 0.153. The Kier molecular flexibility index (Phi) is 5.08. The van der Waals surface area contributed by atoms with Crippen molar-refractivity contribution in [3.05, 3.63) is 51.3 Å². The molecule has 0 radical (unpaired) electrons. The third kappa shape index (κ3) is 3.17. The molecule has 0 unspecified atom stereocenters. The SMILES string of the molecule is CCc1nn(C)c(CN[C@@H](C)c2ccccc2Cl)c1Cl. The van der Waals surface area contributed by atoms with E-state index >= 15 is 0 Å². The molecule has 0 spiro atoms. The van der Waals surface area contributed by atoms with Crippen LogP contribution in [0.2, 0.25) is 10.0 Å². The van der Waals surface area contributed by atoms with E-state index < -0.39 is 0 Å². The molecular formula is C15H19Cl2N3. The van der Waals surface area contributed by atoms with Crippen LogP contribution in [0.3, 0.4) is 0 Å². The van der Waals surface area contributed by atoms with Crippen LogP contribution in [-0.2, 0) is 20.0 Å². The summed E-state index contributed by atoms with van der Waals surface area (Å²) >= 11 is 12.5. The number of rotatable bonds is 5. The van der Waals surface area contributed by atoms with E-state index in [1.807, 2.05) is 36.0 Å². The van der Waals surface area contributed by atoms with Gasteiger partial charge in [0.2, 0.25) is 0 Å². The summed E-state index contributed by atoms with van der Waals surface area (Å²) in [6.07, 6.45) is 0.840. The van der Waals surface area contributed by atoms with E-state index in [2.05, 4.69) is 24.3 Å². The molecule has 0 fully saturated rings. The second kappa shape index (κ2) is 6.61. The van der Waals surface area contributed by atoms with E-state index in [4.69, 9.17) is 23.2 Å². The zero-order valence-corrected chi connectivity index (χ0v) is 13.5.